The quantitative estimate of drug-likeness (QED) is 0.708. The second-order valence-corrected chi connectivity index (χ2v) is 8.21. The van der Waals surface area contributed by atoms with E-state index in [2.05, 4.69) is 26.9 Å². The topological polar surface area (TPSA) is 111 Å². The molecule has 2 aliphatic rings. The summed E-state index contributed by atoms with van der Waals surface area (Å²) in [5, 5.41) is 24.9. The van der Waals surface area contributed by atoms with Crippen LogP contribution in [0, 0.1) is 25.2 Å². The average Bonchev–Trinajstić information content (AvgIpc) is 3.12. The number of carbonyl (C=O) groups is 1. The number of nitriles is 1. The van der Waals surface area contributed by atoms with Crippen LogP contribution in [0.4, 0.5) is 5.82 Å². The van der Waals surface area contributed by atoms with Gasteiger partial charge in [-0.05, 0) is 55.5 Å². The van der Waals surface area contributed by atoms with Gasteiger partial charge < -0.3 is 14.6 Å². The van der Waals surface area contributed by atoms with Crippen molar-refractivity contribution in [2.75, 3.05) is 17.7 Å². The summed E-state index contributed by atoms with van der Waals surface area (Å²) in [6, 6.07) is 2.60. The standard InChI is InChI=1S/C18H23N7O2S/c1-11-12(2)24(9-14-4-3-7-27-14)17(15(11)8-19)20-16(26)10-28-18-21-22-23-25(18)13-5-6-13/h13-14H,3-7,9-10H2,1-2H3,(H,20,26). The Morgan fingerprint density at radius 2 is 2.21 bits per heavy atom. The van der Waals surface area contributed by atoms with Crippen molar-refractivity contribution in [1.29, 1.82) is 5.26 Å². The number of rotatable bonds is 7. The highest BCUT2D eigenvalue weighted by Gasteiger charge is 2.28. The maximum Gasteiger partial charge on any atom is 0.235 e. The van der Waals surface area contributed by atoms with Crippen molar-refractivity contribution >= 4 is 23.5 Å². The molecule has 9 nitrogen and oxygen atoms in total. The number of tetrazole rings is 1. The molecule has 1 amide bonds. The van der Waals surface area contributed by atoms with E-state index in [9.17, 15) is 10.1 Å². The van der Waals surface area contributed by atoms with Crippen LogP contribution >= 0.6 is 11.8 Å². The first-order valence-corrected chi connectivity index (χ1v) is 10.5. The van der Waals surface area contributed by atoms with Crippen LogP contribution < -0.4 is 5.32 Å². The van der Waals surface area contributed by atoms with E-state index in [4.69, 9.17) is 4.74 Å². The Labute approximate surface area is 167 Å². The van der Waals surface area contributed by atoms with E-state index in [0.29, 0.717) is 29.1 Å². The lowest BCUT2D eigenvalue weighted by atomic mass is 10.2. The van der Waals surface area contributed by atoms with Crippen molar-refractivity contribution in [3.8, 4) is 6.07 Å². The first-order valence-electron chi connectivity index (χ1n) is 9.50. The summed E-state index contributed by atoms with van der Waals surface area (Å²) < 4.78 is 9.53. The van der Waals surface area contributed by atoms with Gasteiger partial charge in [-0.15, -0.1) is 5.10 Å². The minimum atomic E-state index is -0.182. The third-order valence-electron chi connectivity index (χ3n) is 5.30. The molecule has 1 aliphatic carbocycles. The molecule has 2 aromatic rings. The van der Waals surface area contributed by atoms with E-state index >= 15 is 0 Å². The molecule has 1 unspecified atom stereocenters. The molecule has 0 spiro atoms. The van der Waals surface area contributed by atoms with Crippen LogP contribution in [-0.4, -0.2) is 49.1 Å². The minimum absolute atomic E-state index is 0.116. The van der Waals surface area contributed by atoms with Crippen molar-refractivity contribution < 1.29 is 9.53 Å². The van der Waals surface area contributed by atoms with Crippen molar-refractivity contribution in [3.05, 3.63) is 16.8 Å². The fourth-order valence-corrected chi connectivity index (χ4v) is 4.22. The third-order valence-corrected chi connectivity index (χ3v) is 6.23. The molecule has 3 heterocycles. The number of carbonyl (C=O) groups excluding carboxylic acids is 1. The SMILES string of the molecule is Cc1c(C#N)c(NC(=O)CSc2nnnn2C2CC2)n(CC2CCCO2)c1C. The summed E-state index contributed by atoms with van der Waals surface area (Å²) in [4.78, 5) is 12.6. The molecule has 10 heteroatoms. The number of hydrogen-bond acceptors (Lipinski definition) is 7. The second kappa shape index (κ2) is 7.93. The largest absolute Gasteiger partial charge is 0.376 e. The second-order valence-electron chi connectivity index (χ2n) is 7.27. The predicted molar refractivity (Wildman–Crippen MR) is 103 cm³/mol. The van der Waals surface area contributed by atoms with Gasteiger partial charge in [-0.2, -0.15) is 5.26 Å². The zero-order valence-corrected chi connectivity index (χ0v) is 16.8. The minimum Gasteiger partial charge on any atom is -0.376 e. The van der Waals surface area contributed by atoms with Gasteiger partial charge in [0.05, 0.1) is 30.0 Å². The normalized spacial score (nSPS) is 19.0. The summed E-state index contributed by atoms with van der Waals surface area (Å²) in [6.07, 6.45) is 4.30. The van der Waals surface area contributed by atoms with E-state index in [-0.39, 0.29) is 17.8 Å². The number of ether oxygens (including phenoxy) is 1. The molecule has 1 saturated carbocycles. The van der Waals surface area contributed by atoms with Crippen molar-refractivity contribution in [1.82, 2.24) is 24.8 Å². The summed E-state index contributed by atoms with van der Waals surface area (Å²) in [6.45, 7) is 5.29. The highest BCUT2D eigenvalue weighted by atomic mass is 32.2. The monoisotopic (exact) mass is 401 g/mol. The molecule has 4 rings (SSSR count). The summed E-state index contributed by atoms with van der Waals surface area (Å²) in [7, 11) is 0. The molecule has 2 aromatic heterocycles. The van der Waals surface area contributed by atoms with Crippen LogP contribution in [0.5, 0.6) is 0 Å². The van der Waals surface area contributed by atoms with Crippen molar-refractivity contribution in [3.63, 3.8) is 0 Å². The molecule has 1 aliphatic heterocycles. The van der Waals surface area contributed by atoms with Gasteiger partial charge >= 0.3 is 0 Å². The third kappa shape index (κ3) is 3.77. The maximum atomic E-state index is 12.6. The van der Waals surface area contributed by atoms with Gasteiger partial charge in [0.25, 0.3) is 0 Å². The Morgan fingerprint density at radius 1 is 1.39 bits per heavy atom. The Balaban J connectivity index is 1.47. The molecule has 2 fully saturated rings. The summed E-state index contributed by atoms with van der Waals surface area (Å²) >= 11 is 1.31. The van der Waals surface area contributed by atoms with Gasteiger partial charge in [0.1, 0.15) is 11.9 Å². The molecule has 1 saturated heterocycles. The summed E-state index contributed by atoms with van der Waals surface area (Å²) in [5.74, 6) is 0.555. The number of aromatic nitrogens is 5. The van der Waals surface area contributed by atoms with Gasteiger partial charge in [-0.25, -0.2) is 4.68 Å². The van der Waals surface area contributed by atoms with Crippen LogP contribution in [0.3, 0.4) is 0 Å². The van der Waals surface area contributed by atoms with Gasteiger partial charge in [-0.1, -0.05) is 11.8 Å². The molecule has 28 heavy (non-hydrogen) atoms. The maximum absolute atomic E-state index is 12.6. The lowest BCUT2D eigenvalue weighted by molar-refractivity contribution is -0.113. The first kappa shape index (κ1) is 19.0. The van der Waals surface area contributed by atoms with Gasteiger partial charge in [-0.3, -0.25) is 4.79 Å². The lowest BCUT2D eigenvalue weighted by Gasteiger charge is -2.16. The zero-order chi connectivity index (χ0) is 19.7. The Hall–Kier alpha value is -2.38. The van der Waals surface area contributed by atoms with Gasteiger partial charge in [0, 0.05) is 12.3 Å². The smallest absolute Gasteiger partial charge is 0.235 e. The highest BCUT2D eigenvalue weighted by molar-refractivity contribution is 7.99. The van der Waals surface area contributed by atoms with Crippen LogP contribution in [-0.2, 0) is 16.1 Å². The van der Waals surface area contributed by atoms with E-state index in [1.807, 2.05) is 18.4 Å². The molecular weight excluding hydrogens is 378 g/mol. The van der Waals surface area contributed by atoms with E-state index in [1.165, 1.54) is 11.8 Å². The van der Waals surface area contributed by atoms with E-state index < -0.39 is 0 Å². The molecular formula is C18H23N7O2S. The highest BCUT2D eigenvalue weighted by Crippen LogP contribution is 2.36. The molecule has 0 aromatic carbocycles. The number of amides is 1. The van der Waals surface area contributed by atoms with Crippen LogP contribution in [0.1, 0.15) is 48.5 Å². The predicted octanol–water partition coefficient (Wildman–Crippen LogP) is 2.21. The fourth-order valence-electron chi connectivity index (χ4n) is 3.48. The Kier molecular flexibility index (Phi) is 5.37. The van der Waals surface area contributed by atoms with Crippen LogP contribution in [0.15, 0.2) is 5.16 Å². The molecule has 1 N–H and O–H groups in total. The lowest BCUT2D eigenvalue weighted by Crippen LogP contribution is -2.22. The zero-order valence-electron chi connectivity index (χ0n) is 16.0. The van der Waals surface area contributed by atoms with Gasteiger partial charge in [0.2, 0.25) is 11.1 Å². The number of nitrogens with one attached hydrogen (secondary N) is 1. The Morgan fingerprint density at radius 3 is 2.89 bits per heavy atom. The van der Waals surface area contributed by atoms with Crippen molar-refractivity contribution in [2.24, 2.45) is 0 Å². The summed E-state index contributed by atoms with van der Waals surface area (Å²) in [5.41, 5.74) is 2.38. The van der Waals surface area contributed by atoms with E-state index in [1.54, 1.807) is 4.68 Å². The molecule has 0 bridgehead atoms. The molecule has 0 radical (unpaired) electrons. The van der Waals surface area contributed by atoms with E-state index in [0.717, 1.165) is 43.5 Å². The molecule has 148 valence electrons. The van der Waals surface area contributed by atoms with Crippen molar-refractivity contribution in [2.45, 2.75) is 63.4 Å². The van der Waals surface area contributed by atoms with Gasteiger partial charge in [0.15, 0.2) is 0 Å². The number of nitrogens with zero attached hydrogens (tertiary/aromatic N) is 6. The number of hydrogen-bond donors (Lipinski definition) is 1. The first-order chi connectivity index (χ1) is 13.6. The Bertz CT molecular complexity index is 919. The van der Waals surface area contributed by atoms with Crippen LogP contribution in [0.2, 0.25) is 0 Å². The number of anilines is 1. The molecule has 1 atom stereocenters. The number of thioether (sulfide) groups is 1. The van der Waals surface area contributed by atoms with Crippen LogP contribution in [0.25, 0.3) is 0 Å². The fraction of sp³-hybridized carbons (Fsp3) is 0.611. The average molecular weight is 401 g/mol.